The second kappa shape index (κ2) is 4.87. The maximum Gasteiger partial charge on any atom is 0.256 e. The van der Waals surface area contributed by atoms with Crippen LogP contribution in [0.5, 0.6) is 0 Å². The molecule has 1 aliphatic heterocycles. The third-order valence-electron chi connectivity index (χ3n) is 3.14. The lowest BCUT2D eigenvalue weighted by Crippen LogP contribution is -2.35. The summed E-state index contributed by atoms with van der Waals surface area (Å²) in [7, 11) is 0. The number of nitrogen functional groups attached to an aromatic ring is 1. The highest BCUT2D eigenvalue weighted by atomic mass is 32.1. The zero-order valence-corrected chi connectivity index (χ0v) is 11.7. The predicted molar refractivity (Wildman–Crippen MR) is 76.6 cm³/mol. The average molecular weight is 295 g/mol. The minimum atomic E-state index is -0.0905. The molecule has 4 N–H and O–H groups in total. The van der Waals surface area contributed by atoms with Gasteiger partial charge in [-0.25, -0.2) is 4.98 Å². The highest BCUT2D eigenvalue weighted by molar-refractivity contribution is 7.71. The molecule has 0 saturated carbocycles. The van der Waals surface area contributed by atoms with Crippen LogP contribution in [-0.4, -0.2) is 26.4 Å². The van der Waals surface area contributed by atoms with Crippen molar-refractivity contribution in [2.45, 2.75) is 19.5 Å². The monoisotopic (exact) mass is 295 g/mol. The predicted octanol–water partition coefficient (Wildman–Crippen LogP) is 1.03. The Bertz CT molecular complexity index is 716. The molecule has 8 heteroatoms. The number of fused-ring (bicyclic) bond motifs is 1. The van der Waals surface area contributed by atoms with Crippen molar-refractivity contribution in [1.29, 1.82) is 0 Å². The first kappa shape index (κ1) is 12.5. The van der Waals surface area contributed by atoms with Gasteiger partial charge in [0.15, 0.2) is 9.90 Å². The number of hydrogen-bond acceptors (Lipinski definition) is 6. The first-order chi connectivity index (χ1) is 9.11. The molecule has 3 heterocycles. The fraction of sp³-hybridized carbons (Fsp3) is 0.364. The van der Waals surface area contributed by atoms with Crippen LogP contribution in [-0.2, 0) is 19.5 Å². The number of nitrogens with zero attached hydrogens (tertiary/aromatic N) is 2. The smallest absolute Gasteiger partial charge is 0.256 e. The number of aromatic nitrogens is 3. The lowest BCUT2D eigenvalue weighted by atomic mass is 10.1. The van der Waals surface area contributed by atoms with Gasteiger partial charge in [-0.15, -0.1) is 11.3 Å². The first-order valence-corrected chi connectivity index (χ1v) is 7.11. The molecule has 19 heavy (non-hydrogen) atoms. The highest BCUT2D eigenvalue weighted by Gasteiger charge is 2.20. The lowest BCUT2D eigenvalue weighted by Gasteiger charge is -2.27. The number of hydrogen-bond donors (Lipinski definition) is 3. The summed E-state index contributed by atoms with van der Waals surface area (Å²) < 4.78 is 0.396. The van der Waals surface area contributed by atoms with Gasteiger partial charge in [-0.3, -0.25) is 14.7 Å². The number of rotatable bonds is 2. The molecule has 0 saturated heterocycles. The van der Waals surface area contributed by atoms with Crippen LogP contribution in [0.25, 0.3) is 0 Å². The van der Waals surface area contributed by atoms with Gasteiger partial charge in [-0.1, -0.05) is 0 Å². The quantitative estimate of drug-likeness (QED) is 0.720. The molecule has 0 unspecified atom stereocenters. The van der Waals surface area contributed by atoms with Crippen molar-refractivity contribution in [1.82, 2.24) is 19.9 Å². The molecule has 0 aromatic carbocycles. The normalized spacial score (nSPS) is 15.4. The number of anilines is 1. The van der Waals surface area contributed by atoms with Crippen molar-refractivity contribution in [3.8, 4) is 0 Å². The van der Waals surface area contributed by atoms with Gasteiger partial charge in [0.2, 0.25) is 0 Å². The van der Waals surface area contributed by atoms with E-state index in [0.29, 0.717) is 16.4 Å². The number of H-pyrrole nitrogens is 2. The molecule has 0 fully saturated rings. The van der Waals surface area contributed by atoms with E-state index in [4.69, 9.17) is 18.0 Å². The van der Waals surface area contributed by atoms with Gasteiger partial charge in [-0.05, 0) is 12.2 Å². The third kappa shape index (κ3) is 2.60. The summed E-state index contributed by atoms with van der Waals surface area (Å²) in [5.41, 5.74) is 7.26. The fourth-order valence-corrected chi connectivity index (χ4v) is 3.21. The van der Waals surface area contributed by atoms with Gasteiger partial charge in [0.25, 0.3) is 5.56 Å². The largest absolute Gasteiger partial charge is 0.375 e. The Kier molecular flexibility index (Phi) is 3.21. The molecular formula is C11H13N5OS2. The third-order valence-corrected chi connectivity index (χ3v) is 4.16. The topological polar surface area (TPSA) is 90.8 Å². The molecule has 3 rings (SSSR count). The fourth-order valence-electron chi connectivity index (χ4n) is 2.26. The average Bonchev–Trinajstić information content (AvgIpc) is 2.75. The molecule has 0 radical (unpaired) electrons. The van der Waals surface area contributed by atoms with E-state index in [0.717, 1.165) is 35.6 Å². The van der Waals surface area contributed by atoms with Gasteiger partial charge >= 0.3 is 0 Å². The van der Waals surface area contributed by atoms with Crippen LogP contribution in [0.15, 0.2) is 11.0 Å². The zero-order chi connectivity index (χ0) is 13.4. The Hall–Kier alpha value is -1.51. The molecule has 6 nitrogen and oxygen atoms in total. The van der Waals surface area contributed by atoms with Gasteiger partial charge in [0.1, 0.15) is 0 Å². The molecule has 0 amide bonds. The first-order valence-electron chi connectivity index (χ1n) is 5.88. The maximum atomic E-state index is 11.9. The molecular weight excluding hydrogens is 282 g/mol. The van der Waals surface area contributed by atoms with Crippen LogP contribution in [0.4, 0.5) is 5.13 Å². The van der Waals surface area contributed by atoms with Gasteiger partial charge in [0.05, 0.1) is 5.56 Å². The molecule has 100 valence electrons. The van der Waals surface area contributed by atoms with Crippen molar-refractivity contribution >= 4 is 28.7 Å². The van der Waals surface area contributed by atoms with Gasteiger partial charge in [0, 0.05) is 42.8 Å². The summed E-state index contributed by atoms with van der Waals surface area (Å²) in [6, 6.07) is 0. The van der Waals surface area contributed by atoms with Crippen LogP contribution in [0.1, 0.15) is 16.1 Å². The van der Waals surface area contributed by atoms with Crippen molar-refractivity contribution < 1.29 is 0 Å². The SMILES string of the molecule is Nc1ncc(CN2CCc3[nH]c(=S)[nH]c(=O)c3C2)s1. The second-order valence-electron chi connectivity index (χ2n) is 4.49. The Balaban J connectivity index is 1.82. The van der Waals surface area contributed by atoms with E-state index < -0.39 is 0 Å². The summed E-state index contributed by atoms with van der Waals surface area (Å²) >= 11 is 6.46. The van der Waals surface area contributed by atoms with Crippen molar-refractivity contribution in [3.05, 3.63) is 37.5 Å². The summed E-state index contributed by atoms with van der Waals surface area (Å²) in [6.45, 7) is 2.28. The van der Waals surface area contributed by atoms with E-state index in [9.17, 15) is 4.79 Å². The Labute approximate surface area is 118 Å². The number of nitrogens with two attached hydrogens (primary N) is 1. The van der Waals surface area contributed by atoms with E-state index in [1.165, 1.54) is 11.3 Å². The molecule has 2 aromatic heterocycles. The lowest BCUT2D eigenvalue weighted by molar-refractivity contribution is 0.243. The molecule has 0 spiro atoms. The molecule has 0 bridgehead atoms. The van der Waals surface area contributed by atoms with E-state index >= 15 is 0 Å². The molecule has 2 aromatic rings. The summed E-state index contributed by atoms with van der Waals surface area (Å²) in [5, 5.41) is 0.578. The number of thiazole rings is 1. The highest BCUT2D eigenvalue weighted by Crippen LogP contribution is 2.20. The zero-order valence-electron chi connectivity index (χ0n) is 10.1. The van der Waals surface area contributed by atoms with Crippen LogP contribution in [0, 0.1) is 4.77 Å². The van der Waals surface area contributed by atoms with Crippen molar-refractivity contribution in [2.75, 3.05) is 12.3 Å². The van der Waals surface area contributed by atoms with Gasteiger partial charge < -0.3 is 10.7 Å². The van der Waals surface area contributed by atoms with E-state index in [-0.39, 0.29) is 5.56 Å². The van der Waals surface area contributed by atoms with Gasteiger partial charge in [-0.2, -0.15) is 0 Å². The minimum Gasteiger partial charge on any atom is -0.375 e. The molecule has 1 aliphatic rings. The van der Waals surface area contributed by atoms with E-state index in [1.807, 2.05) is 0 Å². The summed E-state index contributed by atoms with van der Waals surface area (Å²) in [6.07, 6.45) is 2.59. The number of aromatic amines is 2. The van der Waals surface area contributed by atoms with Crippen LogP contribution >= 0.6 is 23.6 Å². The van der Waals surface area contributed by atoms with Crippen LogP contribution in [0.2, 0.25) is 0 Å². The van der Waals surface area contributed by atoms with Crippen molar-refractivity contribution in [3.63, 3.8) is 0 Å². The van der Waals surface area contributed by atoms with Crippen molar-refractivity contribution in [2.24, 2.45) is 0 Å². The second-order valence-corrected chi connectivity index (χ2v) is 6.05. The Morgan fingerprint density at radius 2 is 2.37 bits per heavy atom. The Morgan fingerprint density at radius 1 is 1.53 bits per heavy atom. The standard InChI is InChI=1S/C11H13N5OS2/c12-10-13-3-6(19-10)4-16-2-1-8-7(5-16)9(17)15-11(18)14-8/h3H,1-2,4-5H2,(H2,12,13)(H2,14,15,17,18). The maximum absolute atomic E-state index is 11.9. The minimum absolute atomic E-state index is 0.0905. The summed E-state index contributed by atoms with van der Waals surface area (Å²) in [4.78, 5) is 24.9. The van der Waals surface area contributed by atoms with E-state index in [2.05, 4.69) is 19.9 Å². The summed E-state index contributed by atoms with van der Waals surface area (Å²) in [5.74, 6) is 0. The van der Waals surface area contributed by atoms with E-state index in [1.54, 1.807) is 6.20 Å². The van der Waals surface area contributed by atoms with Crippen LogP contribution < -0.4 is 11.3 Å². The Morgan fingerprint density at radius 3 is 3.11 bits per heavy atom. The molecule has 0 atom stereocenters. The number of nitrogens with one attached hydrogen (secondary N) is 2. The molecule has 0 aliphatic carbocycles. The van der Waals surface area contributed by atoms with Crippen LogP contribution in [0.3, 0.4) is 0 Å².